The largest absolute Gasteiger partial charge is 0.491 e. The highest BCUT2D eigenvalue weighted by molar-refractivity contribution is 7.99. The van der Waals surface area contributed by atoms with Crippen LogP contribution in [0.3, 0.4) is 0 Å². The van der Waals surface area contributed by atoms with E-state index >= 15 is 0 Å². The van der Waals surface area contributed by atoms with Gasteiger partial charge in [0, 0.05) is 24.1 Å². The summed E-state index contributed by atoms with van der Waals surface area (Å²) in [7, 11) is 0. The van der Waals surface area contributed by atoms with Crippen LogP contribution >= 0.6 is 11.8 Å². The van der Waals surface area contributed by atoms with Crippen molar-refractivity contribution in [2.24, 2.45) is 0 Å². The number of carboxylic acid groups (broad SMARTS) is 1. The second kappa shape index (κ2) is 12.3. The van der Waals surface area contributed by atoms with E-state index in [0.29, 0.717) is 19.0 Å². The van der Waals surface area contributed by atoms with Gasteiger partial charge >= 0.3 is 5.97 Å². The van der Waals surface area contributed by atoms with Gasteiger partial charge in [-0.1, -0.05) is 66.7 Å². The molecule has 0 spiro atoms. The van der Waals surface area contributed by atoms with Crippen LogP contribution in [0.5, 0.6) is 5.75 Å². The van der Waals surface area contributed by atoms with E-state index in [1.807, 2.05) is 55.1 Å². The summed E-state index contributed by atoms with van der Waals surface area (Å²) in [5.41, 5.74) is 8.99. The SMILES string of the molecule is Cc1c(CC(=O)O)cccc1OCCONC(=CN1CCSC1)c1ccc(-c2ccccc2)cc1. The lowest BCUT2D eigenvalue weighted by molar-refractivity contribution is -0.136. The highest BCUT2D eigenvalue weighted by atomic mass is 32.2. The molecule has 0 atom stereocenters. The number of benzene rings is 3. The van der Waals surface area contributed by atoms with E-state index in [9.17, 15) is 4.79 Å². The average molecular weight is 491 g/mol. The Morgan fingerprint density at radius 1 is 1.03 bits per heavy atom. The quantitative estimate of drug-likeness (QED) is 0.283. The third-order valence-corrected chi connectivity index (χ3v) is 6.74. The molecule has 0 aromatic heterocycles. The molecular formula is C28H30N2O4S. The van der Waals surface area contributed by atoms with E-state index in [1.165, 1.54) is 11.1 Å². The summed E-state index contributed by atoms with van der Waals surface area (Å²) in [6.07, 6.45) is 2.09. The molecule has 0 saturated carbocycles. The zero-order chi connectivity index (χ0) is 24.5. The first-order valence-electron chi connectivity index (χ1n) is 11.6. The number of aliphatic carboxylic acids is 1. The minimum Gasteiger partial charge on any atom is -0.491 e. The van der Waals surface area contributed by atoms with Crippen molar-refractivity contribution >= 4 is 23.4 Å². The molecule has 0 aliphatic carbocycles. The topological polar surface area (TPSA) is 71.0 Å². The molecule has 1 aliphatic rings. The Kier molecular flexibility index (Phi) is 8.70. The van der Waals surface area contributed by atoms with E-state index < -0.39 is 5.97 Å². The standard InChI is InChI=1S/C28H30N2O4S/c1-21-25(18-28(31)32)8-5-9-27(21)33-15-16-34-29-26(19-30-14-17-35-20-30)24-12-10-23(11-13-24)22-6-3-2-4-7-22/h2-13,19,29H,14-18,20H2,1H3,(H,31,32). The van der Waals surface area contributed by atoms with E-state index in [4.69, 9.17) is 14.7 Å². The molecule has 3 aromatic carbocycles. The van der Waals surface area contributed by atoms with Crippen LogP contribution in [0.4, 0.5) is 0 Å². The van der Waals surface area contributed by atoms with Crippen LogP contribution in [0.15, 0.2) is 79.0 Å². The lowest BCUT2D eigenvalue weighted by Crippen LogP contribution is -2.21. The Morgan fingerprint density at radius 3 is 2.51 bits per heavy atom. The molecule has 35 heavy (non-hydrogen) atoms. The molecule has 1 saturated heterocycles. The molecule has 0 unspecified atom stereocenters. The molecule has 3 aromatic rings. The van der Waals surface area contributed by atoms with Gasteiger partial charge in [-0.15, -0.1) is 11.8 Å². The number of hydrogen-bond donors (Lipinski definition) is 2. The van der Waals surface area contributed by atoms with E-state index in [0.717, 1.165) is 40.6 Å². The van der Waals surface area contributed by atoms with Crippen LogP contribution in [0.25, 0.3) is 16.8 Å². The molecule has 4 rings (SSSR count). The number of thioether (sulfide) groups is 1. The Hall–Kier alpha value is -3.42. The van der Waals surface area contributed by atoms with Crippen molar-refractivity contribution in [3.63, 3.8) is 0 Å². The van der Waals surface area contributed by atoms with Crippen LogP contribution in [-0.2, 0) is 16.1 Å². The molecule has 0 amide bonds. The minimum absolute atomic E-state index is 0.0207. The first-order valence-corrected chi connectivity index (χ1v) is 12.8. The predicted octanol–water partition coefficient (Wildman–Crippen LogP) is 5.19. The highest BCUT2D eigenvalue weighted by Gasteiger charge is 2.12. The number of hydroxylamine groups is 1. The van der Waals surface area contributed by atoms with Gasteiger partial charge in [-0.05, 0) is 35.2 Å². The molecule has 6 nitrogen and oxygen atoms in total. The zero-order valence-electron chi connectivity index (χ0n) is 19.8. The lowest BCUT2D eigenvalue weighted by Gasteiger charge is -2.17. The Labute approximate surface area is 210 Å². The number of carboxylic acids is 1. The maximum absolute atomic E-state index is 11.0. The Morgan fingerprint density at radius 2 is 1.80 bits per heavy atom. The Balaban J connectivity index is 1.36. The number of carbonyl (C=O) groups is 1. The van der Waals surface area contributed by atoms with Crippen LogP contribution in [0, 0.1) is 6.92 Å². The third-order valence-electron chi connectivity index (χ3n) is 5.76. The zero-order valence-corrected chi connectivity index (χ0v) is 20.6. The maximum atomic E-state index is 11.0. The van der Waals surface area contributed by atoms with E-state index in [-0.39, 0.29) is 6.42 Å². The van der Waals surface area contributed by atoms with Crippen molar-refractivity contribution in [3.8, 4) is 16.9 Å². The number of rotatable bonds is 11. The van der Waals surface area contributed by atoms with Crippen molar-refractivity contribution in [1.82, 2.24) is 10.4 Å². The summed E-state index contributed by atoms with van der Waals surface area (Å²) in [6, 6.07) is 24.2. The lowest BCUT2D eigenvalue weighted by atomic mass is 10.0. The van der Waals surface area contributed by atoms with Crippen molar-refractivity contribution in [2.45, 2.75) is 13.3 Å². The van der Waals surface area contributed by atoms with Gasteiger partial charge in [0.25, 0.3) is 0 Å². The van der Waals surface area contributed by atoms with E-state index in [2.05, 4.69) is 53.0 Å². The fourth-order valence-electron chi connectivity index (χ4n) is 3.84. The van der Waals surface area contributed by atoms with Gasteiger partial charge in [0.2, 0.25) is 0 Å². The molecular weight excluding hydrogens is 460 g/mol. The molecule has 1 aliphatic heterocycles. The predicted molar refractivity (Wildman–Crippen MR) is 141 cm³/mol. The second-order valence-electron chi connectivity index (χ2n) is 8.25. The smallest absolute Gasteiger partial charge is 0.307 e. The summed E-state index contributed by atoms with van der Waals surface area (Å²) in [6.45, 7) is 3.55. The van der Waals surface area contributed by atoms with Crippen molar-refractivity contribution < 1.29 is 19.5 Å². The molecule has 7 heteroatoms. The van der Waals surface area contributed by atoms with Gasteiger partial charge < -0.3 is 14.7 Å². The van der Waals surface area contributed by atoms with Crippen molar-refractivity contribution in [2.75, 3.05) is 31.4 Å². The molecule has 1 heterocycles. The van der Waals surface area contributed by atoms with E-state index in [1.54, 1.807) is 0 Å². The molecule has 1 fully saturated rings. The molecule has 0 radical (unpaired) electrons. The maximum Gasteiger partial charge on any atom is 0.307 e. The number of nitrogens with one attached hydrogen (secondary N) is 1. The number of nitrogens with zero attached hydrogens (tertiary/aromatic N) is 1. The summed E-state index contributed by atoms with van der Waals surface area (Å²) < 4.78 is 5.85. The van der Waals surface area contributed by atoms with Gasteiger partial charge in [-0.3, -0.25) is 15.1 Å². The van der Waals surface area contributed by atoms with Crippen molar-refractivity contribution in [1.29, 1.82) is 0 Å². The van der Waals surface area contributed by atoms with Gasteiger partial charge in [0.15, 0.2) is 0 Å². The number of hydrogen-bond acceptors (Lipinski definition) is 6. The molecule has 182 valence electrons. The van der Waals surface area contributed by atoms with Gasteiger partial charge in [-0.2, -0.15) is 0 Å². The van der Waals surface area contributed by atoms with Crippen LogP contribution in [0.1, 0.15) is 16.7 Å². The minimum atomic E-state index is -0.856. The van der Waals surface area contributed by atoms with Gasteiger partial charge in [-0.25, -0.2) is 0 Å². The molecule has 0 bridgehead atoms. The van der Waals surface area contributed by atoms with Gasteiger partial charge in [0.05, 0.1) is 18.0 Å². The molecule has 2 N–H and O–H groups in total. The van der Waals surface area contributed by atoms with Crippen LogP contribution < -0.4 is 10.2 Å². The van der Waals surface area contributed by atoms with Crippen LogP contribution in [-0.4, -0.2) is 47.4 Å². The summed E-state index contributed by atoms with van der Waals surface area (Å²) in [5, 5.41) is 9.07. The summed E-state index contributed by atoms with van der Waals surface area (Å²) in [4.78, 5) is 19.1. The highest BCUT2D eigenvalue weighted by Crippen LogP contribution is 2.24. The summed E-state index contributed by atoms with van der Waals surface area (Å²) in [5.74, 6) is 1.90. The second-order valence-corrected chi connectivity index (χ2v) is 9.32. The monoisotopic (exact) mass is 490 g/mol. The van der Waals surface area contributed by atoms with Crippen molar-refractivity contribution in [3.05, 3.63) is 95.7 Å². The summed E-state index contributed by atoms with van der Waals surface area (Å²) >= 11 is 1.91. The first-order chi connectivity index (χ1) is 17.1. The fraction of sp³-hybridized carbons (Fsp3) is 0.250. The first kappa shape index (κ1) is 24.7. The third kappa shape index (κ3) is 7.04. The normalized spacial score (nSPS) is 13.6. The Bertz CT molecular complexity index is 1140. The van der Waals surface area contributed by atoms with Crippen LogP contribution in [0.2, 0.25) is 0 Å². The van der Waals surface area contributed by atoms with Gasteiger partial charge in [0.1, 0.15) is 19.0 Å². The number of ether oxygens (including phenoxy) is 1. The average Bonchev–Trinajstić information content (AvgIpc) is 3.39. The fourth-order valence-corrected chi connectivity index (χ4v) is 4.77.